The summed E-state index contributed by atoms with van der Waals surface area (Å²) in [5, 5.41) is 14.6. The molecule has 0 spiro atoms. The van der Waals surface area contributed by atoms with Crippen molar-refractivity contribution in [2.24, 2.45) is 9.63 Å². The smallest absolute Gasteiger partial charge is 0.238 e. The van der Waals surface area contributed by atoms with Crippen molar-refractivity contribution in [3.05, 3.63) is 35.6 Å². The number of hydrogen-bond acceptors (Lipinski definition) is 4. The quantitative estimate of drug-likeness (QED) is 0.838. The zero-order valence-corrected chi connectivity index (χ0v) is 9.36. The van der Waals surface area contributed by atoms with Gasteiger partial charge in [0.1, 0.15) is 5.75 Å². The van der Waals surface area contributed by atoms with Crippen LogP contribution in [0.2, 0.25) is 0 Å². The Bertz CT molecular complexity index is 428. The average molecular weight is 224 g/mol. The number of aliphatic hydroxyl groups excluding tert-OH is 1. The van der Waals surface area contributed by atoms with E-state index in [0.717, 1.165) is 10.6 Å². The molecule has 15 heavy (non-hydrogen) atoms. The van der Waals surface area contributed by atoms with Crippen LogP contribution < -0.4 is 4.74 Å². The van der Waals surface area contributed by atoms with E-state index in [1.165, 1.54) is 0 Å². The molecule has 1 aromatic carbocycles. The molecule has 0 fully saturated rings. The molecule has 1 aliphatic rings. The van der Waals surface area contributed by atoms with Gasteiger partial charge in [0.15, 0.2) is 0 Å². The highest BCUT2D eigenvalue weighted by Crippen LogP contribution is 2.59. The van der Waals surface area contributed by atoms with Gasteiger partial charge in [-0.05, 0) is 30.5 Å². The van der Waals surface area contributed by atoms with Gasteiger partial charge < -0.3 is 9.84 Å². The van der Waals surface area contributed by atoms with Crippen LogP contribution >= 0.6 is 10.2 Å². The summed E-state index contributed by atoms with van der Waals surface area (Å²) >= 11 is 0. The lowest BCUT2D eigenvalue weighted by Crippen LogP contribution is -1.89. The molecule has 0 amide bonds. The lowest BCUT2D eigenvalue weighted by molar-refractivity contribution is 0.405. The largest absolute Gasteiger partial charge is 0.497 e. The van der Waals surface area contributed by atoms with Gasteiger partial charge in [-0.2, -0.15) is 0 Å². The highest BCUT2D eigenvalue weighted by molar-refractivity contribution is 8.34. The zero-order chi connectivity index (χ0) is 10.9. The van der Waals surface area contributed by atoms with Gasteiger partial charge in [-0.1, -0.05) is 10.2 Å². The normalized spacial score (nSPS) is 28.3. The molecule has 0 aliphatic carbocycles. The first kappa shape index (κ1) is 10.0. The molecule has 0 radical (unpaired) electrons. The van der Waals surface area contributed by atoms with E-state index in [-0.39, 0.29) is 5.88 Å². The van der Waals surface area contributed by atoms with E-state index < -0.39 is 10.2 Å². The number of ether oxygens (including phenoxy) is 1. The molecule has 1 aliphatic heterocycles. The summed E-state index contributed by atoms with van der Waals surface area (Å²) in [7, 11) is 0.164. The molecular weight excluding hydrogens is 212 g/mol. The van der Waals surface area contributed by atoms with Crippen LogP contribution in [0, 0.1) is 0 Å². The molecular formula is C10H12N2O2S. The van der Waals surface area contributed by atoms with Gasteiger partial charge >= 0.3 is 0 Å². The lowest BCUT2D eigenvalue weighted by Gasteiger charge is -2.22. The van der Waals surface area contributed by atoms with Crippen molar-refractivity contribution in [3.63, 3.8) is 0 Å². The Balaban J connectivity index is 2.34. The predicted octanol–water partition coefficient (Wildman–Crippen LogP) is 3.23. The van der Waals surface area contributed by atoms with Gasteiger partial charge in [-0.3, -0.25) is 0 Å². The van der Waals surface area contributed by atoms with E-state index in [1.807, 2.05) is 30.5 Å². The van der Waals surface area contributed by atoms with Crippen LogP contribution in [-0.4, -0.2) is 18.5 Å². The van der Waals surface area contributed by atoms with Gasteiger partial charge in [0.25, 0.3) is 0 Å². The van der Waals surface area contributed by atoms with Gasteiger partial charge in [0.2, 0.25) is 5.88 Å². The summed E-state index contributed by atoms with van der Waals surface area (Å²) in [6.07, 6.45) is 1.97. The lowest BCUT2D eigenvalue weighted by atomic mass is 10.3. The summed E-state index contributed by atoms with van der Waals surface area (Å²) in [6, 6.07) is 7.66. The van der Waals surface area contributed by atoms with E-state index in [2.05, 4.69) is 9.63 Å². The fraction of sp³-hybridized carbons (Fsp3) is 0.200. The number of aliphatic hydroxyl groups is 1. The minimum absolute atomic E-state index is 0.00307. The summed E-state index contributed by atoms with van der Waals surface area (Å²) in [4.78, 5) is 1.05. The second-order valence-corrected chi connectivity index (χ2v) is 6.01. The molecule has 1 atom stereocenters. The molecule has 0 bridgehead atoms. The van der Waals surface area contributed by atoms with Crippen molar-refractivity contribution in [2.75, 3.05) is 13.4 Å². The Morgan fingerprint density at radius 1 is 1.27 bits per heavy atom. The van der Waals surface area contributed by atoms with E-state index in [9.17, 15) is 5.11 Å². The van der Waals surface area contributed by atoms with Crippen molar-refractivity contribution in [1.29, 1.82) is 0 Å². The van der Waals surface area contributed by atoms with E-state index >= 15 is 0 Å². The first-order chi connectivity index (χ1) is 7.14. The molecule has 1 heterocycles. The van der Waals surface area contributed by atoms with Crippen LogP contribution in [0.3, 0.4) is 0 Å². The van der Waals surface area contributed by atoms with Crippen LogP contribution in [0.5, 0.6) is 5.75 Å². The first-order valence-corrected chi connectivity index (χ1v) is 6.46. The molecule has 5 heteroatoms. The molecule has 4 nitrogen and oxygen atoms in total. The SMILES string of the molecule is COc1ccc(S2(C)C=C(O)N=N2)cc1. The summed E-state index contributed by atoms with van der Waals surface area (Å²) in [5.74, 6) is 0.813. The highest BCUT2D eigenvalue weighted by atomic mass is 32.3. The Hall–Kier alpha value is -1.49. The second kappa shape index (κ2) is 3.58. The minimum Gasteiger partial charge on any atom is -0.497 e. The average Bonchev–Trinajstić information content (AvgIpc) is 2.60. The zero-order valence-electron chi connectivity index (χ0n) is 8.54. The minimum atomic E-state index is -1.47. The van der Waals surface area contributed by atoms with Gasteiger partial charge in [-0.15, -0.1) is 9.63 Å². The number of methoxy groups -OCH3 is 1. The monoisotopic (exact) mass is 224 g/mol. The maximum Gasteiger partial charge on any atom is 0.238 e. The van der Waals surface area contributed by atoms with Gasteiger partial charge in [0, 0.05) is 10.3 Å². The van der Waals surface area contributed by atoms with Gasteiger partial charge in [-0.25, -0.2) is 0 Å². The van der Waals surface area contributed by atoms with E-state index in [4.69, 9.17) is 4.74 Å². The van der Waals surface area contributed by atoms with Gasteiger partial charge in [0.05, 0.1) is 7.11 Å². The summed E-state index contributed by atoms with van der Waals surface area (Å²) in [6.45, 7) is 0. The van der Waals surface area contributed by atoms with Crippen molar-refractivity contribution in [1.82, 2.24) is 0 Å². The number of nitrogens with zero attached hydrogens (tertiary/aromatic N) is 2. The molecule has 0 aromatic heterocycles. The third kappa shape index (κ3) is 1.83. The van der Waals surface area contributed by atoms with Crippen molar-refractivity contribution in [3.8, 4) is 5.75 Å². The molecule has 80 valence electrons. The Morgan fingerprint density at radius 2 is 1.93 bits per heavy atom. The highest BCUT2D eigenvalue weighted by Gasteiger charge is 2.23. The third-order valence-electron chi connectivity index (χ3n) is 2.18. The maximum absolute atomic E-state index is 9.22. The van der Waals surface area contributed by atoms with E-state index in [0.29, 0.717) is 0 Å². The van der Waals surface area contributed by atoms with Crippen LogP contribution in [0.1, 0.15) is 0 Å². The molecule has 1 aromatic rings. The van der Waals surface area contributed by atoms with E-state index in [1.54, 1.807) is 12.5 Å². The Morgan fingerprint density at radius 3 is 2.40 bits per heavy atom. The topological polar surface area (TPSA) is 54.2 Å². The fourth-order valence-corrected chi connectivity index (χ4v) is 3.02. The fourth-order valence-electron chi connectivity index (χ4n) is 1.35. The maximum atomic E-state index is 9.22. The van der Waals surface area contributed by atoms with Crippen LogP contribution in [-0.2, 0) is 0 Å². The Labute approximate surface area is 89.7 Å². The standard InChI is InChI=1S/C10H12N2O2S/c1-14-8-3-5-9(6-4-8)15(2)7-10(13)11-12-15/h3-7,13H,1-2H3. The second-order valence-electron chi connectivity index (χ2n) is 3.27. The first-order valence-electron chi connectivity index (χ1n) is 4.40. The van der Waals surface area contributed by atoms with Crippen LogP contribution in [0.4, 0.5) is 0 Å². The molecule has 1 unspecified atom stereocenters. The third-order valence-corrected chi connectivity index (χ3v) is 4.50. The van der Waals surface area contributed by atoms with Crippen molar-refractivity contribution < 1.29 is 9.84 Å². The molecule has 1 N–H and O–H groups in total. The van der Waals surface area contributed by atoms with Crippen molar-refractivity contribution >= 4 is 10.2 Å². The Kier molecular flexibility index (Phi) is 2.40. The summed E-state index contributed by atoms with van der Waals surface area (Å²) in [5.41, 5.74) is 0. The molecule has 0 saturated heterocycles. The number of benzene rings is 1. The van der Waals surface area contributed by atoms with Crippen LogP contribution in [0.25, 0.3) is 0 Å². The summed E-state index contributed by atoms with van der Waals surface area (Å²) < 4.78 is 9.18. The molecule has 2 rings (SSSR count). The number of hydrogen-bond donors (Lipinski definition) is 1. The molecule has 0 saturated carbocycles. The number of rotatable bonds is 2. The predicted molar refractivity (Wildman–Crippen MR) is 60.3 cm³/mol. The van der Waals surface area contributed by atoms with Crippen LogP contribution in [0.15, 0.2) is 50.1 Å². The van der Waals surface area contributed by atoms with Crippen molar-refractivity contribution in [2.45, 2.75) is 4.90 Å².